The summed E-state index contributed by atoms with van der Waals surface area (Å²) in [7, 11) is 0. The summed E-state index contributed by atoms with van der Waals surface area (Å²) in [4.78, 5) is 28.4. The Hall–Kier alpha value is -1.21. The van der Waals surface area contributed by atoms with Gasteiger partial charge < -0.3 is 10.2 Å². The Labute approximate surface area is 225 Å². The largest absolute Gasteiger partial charge is 0.352 e. The van der Waals surface area contributed by atoms with Crippen molar-refractivity contribution in [2.45, 2.75) is 69.8 Å². The van der Waals surface area contributed by atoms with Crippen LogP contribution < -0.4 is 5.32 Å². The van der Waals surface area contributed by atoms with Crippen molar-refractivity contribution in [3.05, 3.63) is 68.1 Å². The van der Waals surface area contributed by atoms with E-state index in [1.807, 2.05) is 31.2 Å². The lowest BCUT2D eigenvalue weighted by molar-refractivity contribution is -0.139. The first-order valence-electron chi connectivity index (χ1n) is 11.7. The Morgan fingerprint density at radius 2 is 1.74 bits per heavy atom. The first-order valence-corrected chi connectivity index (χ1v) is 14.4. The molecule has 0 spiro atoms. The standard InChI is InChI=1S/C26H31BrCl2N2O2S/c1-2-24(26(33)30-20-7-4-3-5-8-20)31(15-21-22(28)9-6-10-23(21)29)25(32)17-34-16-18-11-13-19(27)14-12-18/h6,9-14,20,24H,2-5,7-8,15-17H2,1H3,(H,30,33). The third-order valence-corrected chi connectivity index (χ3v) is 8.36. The summed E-state index contributed by atoms with van der Waals surface area (Å²) >= 11 is 17.8. The number of nitrogens with zero attached hydrogens (tertiary/aromatic N) is 1. The average molecular weight is 586 g/mol. The highest BCUT2D eigenvalue weighted by Gasteiger charge is 2.31. The number of hydrogen-bond donors (Lipinski definition) is 1. The summed E-state index contributed by atoms with van der Waals surface area (Å²) in [5.74, 6) is 0.795. The Morgan fingerprint density at radius 1 is 1.09 bits per heavy atom. The number of carbonyl (C=O) groups excluding carboxylic acids is 2. The van der Waals surface area contributed by atoms with Crippen LogP contribution in [0.1, 0.15) is 56.6 Å². The van der Waals surface area contributed by atoms with Gasteiger partial charge in [-0.1, -0.05) is 83.5 Å². The molecule has 1 fully saturated rings. The van der Waals surface area contributed by atoms with E-state index in [0.717, 1.165) is 35.7 Å². The molecule has 1 aliphatic carbocycles. The van der Waals surface area contributed by atoms with Crippen molar-refractivity contribution in [1.82, 2.24) is 10.2 Å². The zero-order valence-corrected chi connectivity index (χ0v) is 23.3. The van der Waals surface area contributed by atoms with E-state index < -0.39 is 6.04 Å². The third-order valence-electron chi connectivity index (χ3n) is 6.14. The summed E-state index contributed by atoms with van der Waals surface area (Å²) < 4.78 is 1.02. The van der Waals surface area contributed by atoms with Crippen LogP contribution in [0.2, 0.25) is 10.0 Å². The number of rotatable bonds is 10. The summed E-state index contributed by atoms with van der Waals surface area (Å²) in [5.41, 5.74) is 1.81. The molecule has 3 rings (SSSR count). The molecule has 0 aromatic heterocycles. The van der Waals surface area contributed by atoms with Gasteiger partial charge in [0.05, 0.1) is 5.75 Å². The fourth-order valence-corrected chi connectivity index (χ4v) is 5.89. The van der Waals surface area contributed by atoms with Gasteiger partial charge in [-0.15, -0.1) is 11.8 Å². The zero-order valence-electron chi connectivity index (χ0n) is 19.4. The van der Waals surface area contributed by atoms with Crippen molar-refractivity contribution in [1.29, 1.82) is 0 Å². The summed E-state index contributed by atoms with van der Waals surface area (Å²) in [6.07, 6.45) is 5.99. The van der Waals surface area contributed by atoms with Crippen molar-refractivity contribution < 1.29 is 9.59 Å². The van der Waals surface area contributed by atoms with E-state index in [9.17, 15) is 9.59 Å². The monoisotopic (exact) mass is 584 g/mol. The van der Waals surface area contributed by atoms with E-state index in [1.165, 1.54) is 18.2 Å². The van der Waals surface area contributed by atoms with Crippen molar-refractivity contribution in [3.8, 4) is 0 Å². The Balaban J connectivity index is 1.74. The average Bonchev–Trinajstić information content (AvgIpc) is 2.82. The molecule has 2 aromatic rings. The first kappa shape index (κ1) is 27.4. The molecule has 1 unspecified atom stereocenters. The van der Waals surface area contributed by atoms with E-state index in [0.29, 0.717) is 27.8 Å². The molecule has 1 N–H and O–H groups in total. The second-order valence-corrected chi connectivity index (χ2v) is 11.3. The van der Waals surface area contributed by atoms with E-state index >= 15 is 0 Å². The van der Waals surface area contributed by atoms with Gasteiger partial charge >= 0.3 is 0 Å². The molecular formula is C26H31BrCl2N2O2S. The van der Waals surface area contributed by atoms with Gasteiger partial charge in [0.2, 0.25) is 11.8 Å². The number of amides is 2. The highest BCUT2D eigenvalue weighted by atomic mass is 79.9. The third kappa shape index (κ3) is 7.91. The predicted octanol–water partition coefficient (Wildman–Crippen LogP) is 7.25. The van der Waals surface area contributed by atoms with Gasteiger partial charge in [0.25, 0.3) is 0 Å². The summed E-state index contributed by atoms with van der Waals surface area (Å²) in [6.45, 7) is 2.14. The van der Waals surface area contributed by atoms with Crippen LogP contribution in [-0.4, -0.2) is 34.6 Å². The lowest BCUT2D eigenvalue weighted by Gasteiger charge is -2.33. The van der Waals surface area contributed by atoms with Crippen LogP contribution in [-0.2, 0) is 21.9 Å². The Bertz CT molecular complexity index is 948. The fraction of sp³-hybridized carbons (Fsp3) is 0.462. The Kier molecular flexibility index (Phi) is 11.1. The highest BCUT2D eigenvalue weighted by Crippen LogP contribution is 2.28. The Morgan fingerprint density at radius 3 is 2.35 bits per heavy atom. The quantitative estimate of drug-likeness (QED) is 0.319. The molecule has 0 radical (unpaired) electrons. The molecule has 1 aliphatic rings. The van der Waals surface area contributed by atoms with Gasteiger partial charge in [-0.25, -0.2) is 0 Å². The van der Waals surface area contributed by atoms with Crippen LogP contribution in [0.4, 0.5) is 0 Å². The van der Waals surface area contributed by atoms with Gasteiger partial charge in [0.1, 0.15) is 6.04 Å². The minimum atomic E-state index is -0.574. The van der Waals surface area contributed by atoms with Gasteiger partial charge in [0, 0.05) is 38.4 Å². The zero-order chi connectivity index (χ0) is 24.5. The fourth-order valence-electron chi connectivity index (χ4n) is 4.24. The van der Waals surface area contributed by atoms with Gasteiger partial charge in [-0.2, -0.15) is 0 Å². The molecular weight excluding hydrogens is 555 g/mol. The number of hydrogen-bond acceptors (Lipinski definition) is 3. The van der Waals surface area contributed by atoms with Crippen LogP contribution in [0, 0.1) is 0 Å². The molecule has 0 saturated heterocycles. The van der Waals surface area contributed by atoms with Gasteiger partial charge in [-0.3, -0.25) is 9.59 Å². The van der Waals surface area contributed by atoms with Crippen LogP contribution in [0.3, 0.4) is 0 Å². The maximum atomic E-state index is 13.4. The predicted molar refractivity (Wildman–Crippen MR) is 146 cm³/mol. The van der Waals surface area contributed by atoms with E-state index in [2.05, 4.69) is 21.2 Å². The van der Waals surface area contributed by atoms with Crippen LogP contribution >= 0.6 is 50.9 Å². The van der Waals surface area contributed by atoms with Crippen molar-refractivity contribution in [2.24, 2.45) is 0 Å². The number of thioether (sulfide) groups is 1. The molecule has 2 aromatic carbocycles. The van der Waals surface area contributed by atoms with Gasteiger partial charge in [-0.05, 0) is 49.1 Å². The first-order chi connectivity index (χ1) is 16.4. The van der Waals surface area contributed by atoms with Crippen LogP contribution in [0.15, 0.2) is 46.9 Å². The molecule has 8 heteroatoms. The second-order valence-electron chi connectivity index (χ2n) is 8.61. The topological polar surface area (TPSA) is 49.4 Å². The smallest absolute Gasteiger partial charge is 0.243 e. The minimum absolute atomic E-state index is 0.0937. The maximum absolute atomic E-state index is 13.4. The summed E-state index contributed by atoms with van der Waals surface area (Å²) in [5, 5.41) is 4.19. The molecule has 4 nitrogen and oxygen atoms in total. The van der Waals surface area contributed by atoms with E-state index in [4.69, 9.17) is 23.2 Å². The van der Waals surface area contributed by atoms with Crippen LogP contribution in [0.25, 0.3) is 0 Å². The molecule has 0 heterocycles. The molecule has 184 valence electrons. The normalized spacial score (nSPS) is 15.1. The number of nitrogens with one attached hydrogen (secondary N) is 1. The second kappa shape index (κ2) is 13.8. The van der Waals surface area contributed by atoms with Crippen molar-refractivity contribution >= 4 is 62.7 Å². The molecule has 1 atom stereocenters. The van der Waals surface area contributed by atoms with E-state index in [1.54, 1.807) is 23.1 Å². The molecule has 34 heavy (non-hydrogen) atoms. The molecule has 2 amide bonds. The molecule has 0 aliphatic heterocycles. The number of halogens is 3. The molecule has 0 bridgehead atoms. The highest BCUT2D eigenvalue weighted by molar-refractivity contribution is 9.10. The van der Waals surface area contributed by atoms with Gasteiger partial charge in [0.15, 0.2) is 0 Å². The maximum Gasteiger partial charge on any atom is 0.243 e. The molecule has 1 saturated carbocycles. The van der Waals surface area contributed by atoms with Crippen LogP contribution in [0.5, 0.6) is 0 Å². The SMILES string of the molecule is CCC(C(=O)NC1CCCCC1)N(Cc1c(Cl)cccc1Cl)C(=O)CSCc1ccc(Br)cc1. The minimum Gasteiger partial charge on any atom is -0.352 e. The van der Waals surface area contributed by atoms with Crippen molar-refractivity contribution in [3.63, 3.8) is 0 Å². The summed E-state index contributed by atoms with van der Waals surface area (Å²) in [6, 6.07) is 13.0. The lowest BCUT2D eigenvalue weighted by atomic mass is 9.95. The van der Waals surface area contributed by atoms with Crippen molar-refractivity contribution in [2.75, 3.05) is 5.75 Å². The van der Waals surface area contributed by atoms with E-state index in [-0.39, 0.29) is 30.2 Å². The number of carbonyl (C=O) groups is 2. The lowest BCUT2D eigenvalue weighted by Crippen LogP contribution is -2.52. The number of benzene rings is 2.